The largest absolute Gasteiger partial charge is 0.435 e. The fourth-order valence-electron chi connectivity index (χ4n) is 2.07. The summed E-state index contributed by atoms with van der Waals surface area (Å²) in [7, 11) is 0. The van der Waals surface area contributed by atoms with Gasteiger partial charge in [-0.3, -0.25) is 4.68 Å². The van der Waals surface area contributed by atoms with Crippen molar-refractivity contribution in [3.8, 4) is 0 Å². The zero-order valence-electron chi connectivity index (χ0n) is 8.30. The van der Waals surface area contributed by atoms with Crippen LogP contribution in [0.2, 0.25) is 0 Å². The molecule has 0 saturated heterocycles. The van der Waals surface area contributed by atoms with Crippen molar-refractivity contribution < 1.29 is 13.2 Å². The lowest BCUT2D eigenvalue weighted by molar-refractivity contribution is -0.141. The first kappa shape index (κ1) is 10.5. The van der Waals surface area contributed by atoms with Gasteiger partial charge in [-0.1, -0.05) is 12.8 Å². The van der Waals surface area contributed by atoms with Crippen LogP contribution in [0.1, 0.15) is 31.4 Å². The monoisotopic (exact) mass is 218 g/mol. The van der Waals surface area contributed by atoms with Crippen LogP contribution in [0.5, 0.6) is 0 Å². The molecule has 84 valence electrons. The number of halogens is 3. The van der Waals surface area contributed by atoms with Crippen molar-refractivity contribution in [2.45, 2.75) is 38.4 Å². The van der Waals surface area contributed by atoms with E-state index in [2.05, 4.69) is 5.10 Å². The quantitative estimate of drug-likeness (QED) is 0.745. The van der Waals surface area contributed by atoms with Crippen molar-refractivity contribution >= 4 is 0 Å². The molecule has 1 aromatic heterocycles. The predicted octanol–water partition coefficient (Wildman–Crippen LogP) is 3.09. The molecule has 0 bridgehead atoms. The highest BCUT2D eigenvalue weighted by Gasteiger charge is 2.33. The van der Waals surface area contributed by atoms with Crippen molar-refractivity contribution in [2.75, 3.05) is 0 Å². The van der Waals surface area contributed by atoms with Crippen LogP contribution in [0.25, 0.3) is 0 Å². The van der Waals surface area contributed by atoms with Crippen LogP contribution in [-0.2, 0) is 12.7 Å². The van der Waals surface area contributed by atoms with Crippen molar-refractivity contribution in [2.24, 2.45) is 5.92 Å². The Morgan fingerprint density at radius 2 is 2.00 bits per heavy atom. The molecular weight excluding hydrogens is 205 g/mol. The van der Waals surface area contributed by atoms with E-state index in [0.29, 0.717) is 12.5 Å². The number of hydrogen-bond donors (Lipinski definition) is 0. The van der Waals surface area contributed by atoms with Crippen molar-refractivity contribution in [1.82, 2.24) is 9.78 Å². The summed E-state index contributed by atoms with van der Waals surface area (Å²) in [5.74, 6) is 0.506. The summed E-state index contributed by atoms with van der Waals surface area (Å²) in [6, 6.07) is 1.04. The highest BCUT2D eigenvalue weighted by Crippen LogP contribution is 2.29. The lowest BCUT2D eigenvalue weighted by Crippen LogP contribution is -2.11. The number of alkyl halides is 3. The fraction of sp³-hybridized carbons (Fsp3) is 0.700. The summed E-state index contributed by atoms with van der Waals surface area (Å²) in [5.41, 5.74) is -0.791. The summed E-state index contributed by atoms with van der Waals surface area (Å²) in [5, 5.41) is 3.54. The minimum Gasteiger partial charge on any atom is -0.272 e. The third kappa shape index (κ3) is 2.52. The zero-order chi connectivity index (χ0) is 10.9. The molecule has 1 aliphatic rings. The van der Waals surface area contributed by atoms with Crippen LogP contribution in [0.3, 0.4) is 0 Å². The smallest absolute Gasteiger partial charge is 0.272 e. The Labute approximate surface area is 86.1 Å². The van der Waals surface area contributed by atoms with Gasteiger partial charge in [0.1, 0.15) is 0 Å². The predicted molar refractivity (Wildman–Crippen MR) is 49.2 cm³/mol. The molecular formula is C10H13F3N2. The topological polar surface area (TPSA) is 17.8 Å². The highest BCUT2D eigenvalue weighted by atomic mass is 19.4. The van der Waals surface area contributed by atoms with E-state index < -0.39 is 11.9 Å². The van der Waals surface area contributed by atoms with E-state index >= 15 is 0 Å². The van der Waals surface area contributed by atoms with Crippen molar-refractivity contribution in [3.63, 3.8) is 0 Å². The van der Waals surface area contributed by atoms with Crippen LogP contribution in [-0.4, -0.2) is 9.78 Å². The zero-order valence-corrected chi connectivity index (χ0v) is 8.30. The molecule has 0 N–H and O–H groups in total. The van der Waals surface area contributed by atoms with Gasteiger partial charge in [0.2, 0.25) is 0 Å². The maximum atomic E-state index is 12.2. The van der Waals surface area contributed by atoms with Crippen LogP contribution in [0.4, 0.5) is 13.2 Å². The van der Waals surface area contributed by atoms with Gasteiger partial charge in [0.25, 0.3) is 0 Å². The maximum Gasteiger partial charge on any atom is 0.435 e. The molecule has 15 heavy (non-hydrogen) atoms. The molecule has 0 unspecified atom stereocenters. The molecule has 5 heteroatoms. The van der Waals surface area contributed by atoms with E-state index in [1.807, 2.05) is 0 Å². The molecule has 1 heterocycles. The van der Waals surface area contributed by atoms with Gasteiger partial charge in [0.05, 0.1) is 0 Å². The second kappa shape index (κ2) is 3.87. The number of rotatable bonds is 2. The molecule has 0 spiro atoms. The second-order valence-corrected chi connectivity index (χ2v) is 4.07. The normalized spacial score (nSPS) is 18.6. The molecule has 1 aromatic rings. The molecule has 0 radical (unpaired) electrons. The molecule has 0 amide bonds. The first-order chi connectivity index (χ1) is 7.05. The highest BCUT2D eigenvalue weighted by molar-refractivity contribution is 5.03. The number of aromatic nitrogens is 2. The SMILES string of the molecule is FC(F)(F)c1ccn(CC2CCCC2)n1. The van der Waals surface area contributed by atoms with Gasteiger partial charge in [0, 0.05) is 12.7 Å². The van der Waals surface area contributed by atoms with E-state index in [0.717, 1.165) is 18.9 Å². The van der Waals surface area contributed by atoms with Gasteiger partial charge in [-0.25, -0.2) is 0 Å². The minimum absolute atomic E-state index is 0.506. The standard InChI is InChI=1S/C10H13F3N2/c11-10(12,13)9-5-6-15(14-9)7-8-3-1-2-4-8/h5-6,8H,1-4,7H2. The summed E-state index contributed by atoms with van der Waals surface area (Å²) in [4.78, 5) is 0. The molecule has 2 rings (SSSR count). The minimum atomic E-state index is -4.32. The lowest BCUT2D eigenvalue weighted by Gasteiger charge is -2.08. The summed E-state index contributed by atoms with van der Waals surface area (Å²) >= 11 is 0. The molecule has 0 aliphatic heterocycles. The molecule has 1 aliphatic carbocycles. The third-order valence-electron chi connectivity index (χ3n) is 2.85. The van der Waals surface area contributed by atoms with Crippen LogP contribution >= 0.6 is 0 Å². The molecule has 1 saturated carbocycles. The second-order valence-electron chi connectivity index (χ2n) is 4.07. The lowest BCUT2D eigenvalue weighted by atomic mass is 10.1. The average molecular weight is 218 g/mol. The van der Waals surface area contributed by atoms with Crippen molar-refractivity contribution in [1.29, 1.82) is 0 Å². The van der Waals surface area contributed by atoms with E-state index in [4.69, 9.17) is 0 Å². The van der Waals surface area contributed by atoms with Crippen LogP contribution in [0, 0.1) is 5.92 Å². The van der Waals surface area contributed by atoms with Gasteiger partial charge >= 0.3 is 6.18 Å². The Morgan fingerprint density at radius 3 is 2.53 bits per heavy atom. The van der Waals surface area contributed by atoms with E-state index in [1.165, 1.54) is 23.7 Å². The summed E-state index contributed by atoms with van der Waals surface area (Å²) in [6.45, 7) is 0.621. The molecule has 0 aromatic carbocycles. The van der Waals surface area contributed by atoms with Crippen molar-refractivity contribution in [3.05, 3.63) is 18.0 Å². The summed E-state index contributed by atoms with van der Waals surface area (Å²) < 4.78 is 38.1. The molecule has 1 fully saturated rings. The van der Waals surface area contributed by atoms with Gasteiger partial charge in [0.15, 0.2) is 5.69 Å². The van der Waals surface area contributed by atoms with Crippen LogP contribution < -0.4 is 0 Å². The maximum absolute atomic E-state index is 12.2. The number of hydrogen-bond acceptors (Lipinski definition) is 1. The Kier molecular flexibility index (Phi) is 2.71. The molecule has 0 atom stereocenters. The fourth-order valence-corrected chi connectivity index (χ4v) is 2.07. The van der Waals surface area contributed by atoms with E-state index in [-0.39, 0.29) is 0 Å². The van der Waals surface area contributed by atoms with E-state index in [1.54, 1.807) is 0 Å². The van der Waals surface area contributed by atoms with Gasteiger partial charge < -0.3 is 0 Å². The Hall–Kier alpha value is -1.00. The Balaban J connectivity index is 2.00. The number of nitrogens with zero attached hydrogens (tertiary/aromatic N) is 2. The summed E-state index contributed by atoms with van der Waals surface area (Å²) in [6.07, 6.45) is 1.71. The Morgan fingerprint density at radius 1 is 1.33 bits per heavy atom. The van der Waals surface area contributed by atoms with Crippen LogP contribution in [0.15, 0.2) is 12.3 Å². The first-order valence-electron chi connectivity index (χ1n) is 5.16. The van der Waals surface area contributed by atoms with Gasteiger partial charge in [-0.2, -0.15) is 18.3 Å². The molecule has 2 nitrogen and oxygen atoms in total. The van der Waals surface area contributed by atoms with Gasteiger partial charge in [-0.05, 0) is 24.8 Å². The van der Waals surface area contributed by atoms with E-state index in [9.17, 15) is 13.2 Å². The van der Waals surface area contributed by atoms with Gasteiger partial charge in [-0.15, -0.1) is 0 Å². The third-order valence-corrected chi connectivity index (χ3v) is 2.85. The first-order valence-corrected chi connectivity index (χ1v) is 5.16. The Bertz CT molecular complexity index is 324. The average Bonchev–Trinajstić information content (AvgIpc) is 2.73.